The van der Waals surface area contributed by atoms with E-state index in [4.69, 9.17) is 0 Å². The van der Waals surface area contributed by atoms with Gasteiger partial charge in [-0.05, 0) is 30.2 Å². The van der Waals surface area contributed by atoms with Crippen LogP contribution in [0.25, 0.3) is 0 Å². The van der Waals surface area contributed by atoms with Crippen LogP contribution in [0.1, 0.15) is 64.3 Å². The molecule has 2 aromatic rings. The standard InChI is InChI=1S/C21H28N6O2S/c28-20(22-13-15-5-2-1-3-6-15)19-24-23-18-16-14-26(21(29)17-7-4-12-30-17)9-8-25(16)10-11-27(18)19/h4,7,12,15-16H,1-3,5-6,8-11,13-14H2,(H,22,28)/t16-/m1/s1. The van der Waals surface area contributed by atoms with Gasteiger partial charge in [0.05, 0.1) is 10.9 Å². The van der Waals surface area contributed by atoms with Crippen LogP contribution < -0.4 is 5.32 Å². The molecule has 2 aliphatic heterocycles. The second-order valence-corrected chi connectivity index (χ2v) is 9.48. The monoisotopic (exact) mass is 428 g/mol. The van der Waals surface area contributed by atoms with Crippen LogP contribution in [0, 0.1) is 5.92 Å². The molecule has 5 rings (SSSR count). The van der Waals surface area contributed by atoms with E-state index in [0.29, 0.717) is 24.8 Å². The molecule has 0 aromatic carbocycles. The van der Waals surface area contributed by atoms with Gasteiger partial charge in [0.25, 0.3) is 11.8 Å². The first-order valence-electron chi connectivity index (χ1n) is 11.0. The van der Waals surface area contributed by atoms with Gasteiger partial charge in [0.15, 0.2) is 5.82 Å². The number of hydrogen-bond acceptors (Lipinski definition) is 6. The molecule has 4 heterocycles. The normalized spacial score (nSPS) is 22.4. The second-order valence-electron chi connectivity index (χ2n) is 8.53. The number of carbonyl (C=O) groups excluding carboxylic acids is 2. The smallest absolute Gasteiger partial charge is 0.289 e. The van der Waals surface area contributed by atoms with E-state index in [1.807, 2.05) is 27.0 Å². The van der Waals surface area contributed by atoms with Gasteiger partial charge in [-0.25, -0.2) is 0 Å². The lowest BCUT2D eigenvalue weighted by Gasteiger charge is -2.43. The largest absolute Gasteiger partial charge is 0.349 e. The quantitative estimate of drug-likeness (QED) is 0.807. The fourth-order valence-electron chi connectivity index (χ4n) is 4.96. The highest BCUT2D eigenvalue weighted by atomic mass is 32.1. The first kappa shape index (κ1) is 19.7. The van der Waals surface area contributed by atoms with E-state index >= 15 is 0 Å². The van der Waals surface area contributed by atoms with Crippen molar-refractivity contribution in [3.63, 3.8) is 0 Å². The van der Waals surface area contributed by atoms with Crippen LogP contribution in [0.2, 0.25) is 0 Å². The third kappa shape index (κ3) is 3.76. The Kier molecular flexibility index (Phi) is 5.56. The van der Waals surface area contributed by atoms with Crippen LogP contribution >= 0.6 is 11.3 Å². The lowest BCUT2D eigenvalue weighted by Crippen LogP contribution is -2.53. The van der Waals surface area contributed by atoms with Gasteiger partial charge in [0.1, 0.15) is 0 Å². The maximum absolute atomic E-state index is 12.8. The van der Waals surface area contributed by atoms with Crippen LogP contribution in [0.4, 0.5) is 0 Å². The average molecular weight is 429 g/mol. The molecule has 0 bridgehead atoms. The summed E-state index contributed by atoms with van der Waals surface area (Å²) in [6, 6.07) is 3.77. The molecule has 2 aromatic heterocycles. The Bertz CT molecular complexity index is 905. The molecule has 1 saturated heterocycles. The van der Waals surface area contributed by atoms with Gasteiger partial charge in [0, 0.05) is 39.3 Å². The Balaban J connectivity index is 1.28. The third-order valence-corrected chi connectivity index (χ3v) is 7.54. The van der Waals surface area contributed by atoms with Crippen LogP contribution in [-0.4, -0.2) is 69.1 Å². The molecule has 8 nitrogen and oxygen atoms in total. The Morgan fingerprint density at radius 2 is 1.93 bits per heavy atom. The predicted octanol–water partition coefficient (Wildman–Crippen LogP) is 2.16. The number of thiophene rings is 1. The van der Waals surface area contributed by atoms with E-state index in [-0.39, 0.29) is 17.9 Å². The fourth-order valence-corrected chi connectivity index (χ4v) is 5.65. The molecular formula is C21H28N6O2S. The number of fused-ring (bicyclic) bond motifs is 3. The first-order valence-corrected chi connectivity index (χ1v) is 11.9. The maximum atomic E-state index is 12.8. The SMILES string of the molecule is O=C(NCC1CCCCC1)c1nnc2n1CCN1CCN(C(=O)c3cccs3)C[C@H]21. The number of nitrogens with one attached hydrogen (secondary N) is 1. The van der Waals surface area contributed by atoms with Crippen LogP contribution in [0.5, 0.6) is 0 Å². The summed E-state index contributed by atoms with van der Waals surface area (Å²) in [5.74, 6) is 1.73. The lowest BCUT2D eigenvalue weighted by molar-refractivity contribution is 0.0376. The molecule has 1 N–H and O–H groups in total. The fraction of sp³-hybridized carbons (Fsp3) is 0.619. The summed E-state index contributed by atoms with van der Waals surface area (Å²) >= 11 is 1.47. The molecule has 1 aliphatic carbocycles. The number of amides is 2. The van der Waals surface area contributed by atoms with Crippen molar-refractivity contribution >= 4 is 23.2 Å². The van der Waals surface area contributed by atoms with Gasteiger partial charge in [-0.15, -0.1) is 21.5 Å². The van der Waals surface area contributed by atoms with Crippen molar-refractivity contribution in [3.05, 3.63) is 34.0 Å². The Morgan fingerprint density at radius 3 is 2.73 bits per heavy atom. The van der Waals surface area contributed by atoms with Crippen molar-refractivity contribution < 1.29 is 9.59 Å². The number of aromatic nitrogens is 3. The van der Waals surface area contributed by atoms with E-state index < -0.39 is 0 Å². The van der Waals surface area contributed by atoms with Crippen molar-refractivity contribution in [1.82, 2.24) is 29.9 Å². The van der Waals surface area contributed by atoms with Crippen molar-refractivity contribution in [2.45, 2.75) is 44.7 Å². The molecule has 0 unspecified atom stereocenters. The van der Waals surface area contributed by atoms with Crippen molar-refractivity contribution in [3.8, 4) is 0 Å². The highest BCUT2D eigenvalue weighted by molar-refractivity contribution is 7.12. The topological polar surface area (TPSA) is 83.4 Å². The number of nitrogens with zero attached hydrogens (tertiary/aromatic N) is 5. The van der Waals surface area contributed by atoms with Crippen LogP contribution in [-0.2, 0) is 6.54 Å². The molecular weight excluding hydrogens is 400 g/mol. The summed E-state index contributed by atoms with van der Waals surface area (Å²) < 4.78 is 1.95. The highest BCUT2D eigenvalue weighted by Gasteiger charge is 2.38. The number of hydrogen-bond donors (Lipinski definition) is 1. The summed E-state index contributed by atoms with van der Waals surface area (Å²) in [5.41, 5.74) is 0. The first-order chi connectivity index (χ1) is 14.7. The molecule has 0 radical (unpaired) electrons. The minimum atomic E-state index is -0.130. The minimum absolute atomic E-state index is 0.0104. The second kappa shape index (κ2) is 8.47. The van der Waals surface area contributed by atoms with Crippen LogP contribution in [0.3, 0.4) is 0 Å². The number of piperazine rings is 1. The van der Waals surface area contributed by atoms with Gasteiger partial charge in [-0.3, -0.25) is 14.5 Å². The zero-order chi connectivity index (χ0) is 20.5. The van der Waals surface area contributed by atoms with Gasteiger partial charge in [0.2, 0.25) is 5.82 Å². The zero-order valence-electron chi connectivity index (χ0n) is 17.1. The van der Waals surface area contributed by atoms with Gasteiger partial charge >= 0.3 is 0 Å². The Hall–Kier alpha value is -2.26. The minimum Gasteiger partial charge on any atom is -0.349 e. The number of rotatable bonds is 4. The third-order valence-electron chi connectivity index (χ3n) is 6.68. The Morgan fingerprint density at radius 1 is 1.10 bits per heavy atom. The molecule has 1 saturated carbocycles. The molecule has 2 amide bonds. The van der Waals surface area contributed by atoms with E-state index in [2.05, 4.69) is 20.4 Å². The highest BCUT2D eigenvalue weighted by Crippen LogP contribution is 2.29. The maximum Gasteiger partial charge on any atom is 0.289 e. The molecule has 9 heteroatoms. The molecule has 0 spiro atoms. The lowest BCUT2D eigenvalue weighted by atomic mass is 9.89. The summed E-state index contributed by atoms with van der Waals surface area (Å²) in [4.78, 5) is 30.6. The van der Waals surface area contributed by atoms with E-state index in [0.717, 1.165) is 36.9 Å². The van der Waals surface area contributed by atoms with Gasteiger partial charge < -0.3 is 14.8 Å². The number of carbonyl (C=O) groups is 2. The van der Waals surface area contributed by atoms with E-state index in [1.54, 1.807) is 0 Å². The van der Waals surface area contributed by atoms with Gasteiger partial charge in [-0.2, -0.15) is 0 Å². The summed E-state index contributed by atoms with van der Waals surface area (Å²) in [6.07, 6.45) is 6.23. The van der Waals surface area contributed by atoms with E-state index in [9.17, 15) is 9.59 Å². The molecule has 160 valence electrons. The molecule has 30 heavy (non-hydrogen) atoms. The van der Waals surface area contributed by atoms with Crippen molar-refractivity contribution in [1.29, 1.82) is 0 Å². The molecule has 1 atom stereocenters. The average Bonchev–Trinajstić information content (AvgIpc) is 3.47. The molecule has 2 fully saturated rings. The van der Waals surface area contributed by atoms with Crippen LogP contribution in [0.15, 0.2) is 17.5 Å². The zero-order valence-corrected chi connectivity index (χ0v) is 17.9. The summed E-state index contributed by atoms with van der Waals surface area (Å²) in [7, 11) is 0. The van der Waals surface area contributed by atoms with E-state index in [1.165, 1.54) is 43.4 Å². The molecule has 3 aliphatic rings. The summed E-state index contributed by atoms with van der Waals surface area (Å²) in [5, 5.41) is 13.6. The van der Waals surface area contributed by atoms with Crippen molar-refractivity contribution in [2.24, 2.45) is 5.92 Å². The van der Waals surface area contributed by atoms with Crippen molar-refractivity contribution in [2.75, 3.05) is 32.7 Å². The Labute approximate surface area is 180 Å². The summed E-state index contributed by atoms with van der Waals surface area (Å²) in [6.45, 7) is 4.40. The predicted molar refractivity (Wildman–Crippen MR) is 113 cm³/mol. The van der Waals surface area contributed by atoms with Gasteiger partial charge in [-0.1, -0.05) is 25.3 Å².